The van der Waals surface area contributed by atoms with Gasteiger partial charge in [-0.25, -0.2) is 4.79 Å². The van der Waals surface area contributed by atoms with Gasteiger partial charge >= 0.3 is 5.97 Å². The molecule has 0 aromatic carbocycles. The Morgan fingerprint density at radius 3 is 2.68 bits per heavy atom. The summed E-state index contributed by atoms with van der Waals surface area (Å²) >= 11 is 5.10. The zero-order valence-electron chi connectivity index (χ0n) is 11.6. The summed E-state index contributed by atoms with van der Waals surface area (Å²) in [5, 5.41) is 0. The third-order valence-corrected chi connectivity index (χ3v) is 2.90. The van der Waals surface area contributed by atoms with Crippen molar-refractivity contribution < 1.29 is 14.4 Å². The second-order valence-corrected chi connectivity index (χ2v) is 4.79. The number of nitrogens with zero attached hydrogens (tertiary/aromatic N) is 1. The monoisotopic (exact) mass is 283 g/mol. The summed E-state index contributed by atoms with van der Waals surface area (Å²) < 4.78 is 7.28. The summed E-state index contributed by atoms with van der Waals surface area (Å²) in [6.45, 7) is 4.22. The van der Waals surface area contributed by atoms with Crippen molar-refractivity contribution in [2.24, 2.45) is 0 Å². The van der Waals surface area contributed by atoms with Crippen LogP contribution in [-0.2, 0) is 4.79 Å². The fourth-order valence-corrected chi connectivity index (χ4v) is 1.86. The van der Waals surface area contributed by atoms with Crippen molar-refractivity contribution in [2.45, 2.75) is 46.0 Å². The van der Waals surface area contributed by atoms with Crippen LogP contribution in [0.4, 0.5) is 0 Å². The van der Waals surface area contributed by atoms with E-state index >= 15 is 0 Å². The summed E-state index contributed by atoms with van der Waals surface area (Å²) in [5.41, 5.74) is 0. The minimum absolute atomic E-state index is 0.402. The molecular weight excluding hydrogens is 262 g/mol. The highest BCUT2D eigenvalue weighted by Crippen LogP contribution is 2.11. The maximum Gasteiger partial charge on any atom is 0.329 e. The molecule has 0 unspecified atom stereocenters. The molecule has 1 heterocycles. The number of rotatable bonds is 8. The molecular formula is C14H21NO3S. The third-order valence-electron chi connectivity index (χ3n) is 2.60. The maximum atomic E-state index is 10.8. The van der Waals surface area contributed by atoms with E-state index in [4.69, 9.17) is 21.8 Å². The molecule has 0 aliphatic heterocycles. The van der Waals surface area contributed by atoms with Crippen LogP contribution in [0.15, 0.2) is 18.3 Å². The van der Waals surface area contributed by atoms with E-state index in [1.54, 1.807) is 18.3 Å². The van der Waals surface area contributed by atoms with Crippen molar-refractivity contribution in [3.63, 3.8) is 0 Å². The molecule has 5 heteroatoms. The molecule has 106 valence electrons. The van der Waals surface area contributed by atoms with Crippen LogP contribution in [0.3, 0.4) is 0 Å². The number of carbonyl (C=O) groups is 1. The predicted octanol–water partition coefficient (Wildman–Crippen LogP) is 3.54. The molecule has 0 N–H and O–H groups in total. The maximum absolute atomic E-state index is 10.8. The van der Waals surface area contributed by atoms with E-state index in [1.807, 2.05) is 0 Å². The van der Waals surface area contributed by atoms with Crippen LogP contribution in [0.1, 0.15) is 46.0 Å². The first kappa shape index (κ1) is 15.7. The first-order valence-electron chi connectivity index (χ1n) is 6.68. The average molecular weight is 283 g/mol. The molecule has 0 fully saturated rings. The molecule has 0 saturated carbocycles. The molecule has 1 rings (SSSR count). The molecule has 4 nitrogen and oxygen atoms in total. The SMILES string of the molecule is CCCCCCCOc1ccn(OC(C)=O)c(=S)c1. The van der Waals surface area contributed by atoms with Gasteiger partial charge in [-0.15, -0.1) is 0 Å². The number of pyridine rings is 1. The molecule has 19 heavy (non-hydrogen) atoms. The molecule has 0 amide bonds. The van der Waals surface area contributed by atoms with Gasteiger partial charge in [-0.05, 0) is 6.42 Å². The van der Waals surface area contributed by atoms with Crippen molar-refractivity contribution in [1.82, 2.24) is 4.73 Å². The van der Waals surface area contributed by atoms with Gasteiger partial charge in [0.1, 0.15) is 10.4 Å². The predicted molar refractivity (Wildman–Crippen MR) is 76.8 cm³/mol. The van der Waals surface area contributed by atoms with Crippen LogP contribution in [0, 0.1) is 4.64 Å². The largest absolute Gasteiger partial charge is 0.493 e. The lowest BCUT2D eigenvalue weighted by Crippen LogP contribution is -2.17. The summed E-state index contributed by atoms with van der Waals surface area (Å²) in [5.74, 6) is 0.310. The second kappa shape index (κ2) is 8.69. The fourth-order valence-electron chi connectivity index (χ4n) is 1.65. The van der Waals surface area contributed by atoms with Crippen LogP contribution < -0.4 is 9.57 Å². The minimum Gasteiger partial charge on any atom is -0.493 e. The van der Waals surface area contributed by atoms with Crippen LogP contribution >= 0.6 is 12.2 Å². The number of hydrogen-bond donors (Lipinski definition) is 0. The highest BCUT2D eigenvalue weighted by molar-refractivity contribution is 7.71. The number of ether oxygens (including phenoxy) is 1. The van der Waals surface area contributed by atoms with Crippen molar-refractivity contribution in [3.8, 4) is 5.75 Å². The Labute approximate surface area is 119 Å². The zero-order valence-corrected chi connectivity index (χ0v) is 12.4. The summed E-state index contributed by atoms with van der Waals surface area (Å²) in [7, 11) is 0. The average Bonchev–Trinajstić information content (AvgIpc) is 2.36. The van der Waals surface area contributed by atoms with Gasteiger partial charge in [0.15, 0.2) is 0 Å². The first-order chi connectivity index (χ1) is 9.13. The van der Waals surface area contributed by atoms with Crippen molar-refractivity contribution in [2.75, 3.05) is 6.61 Å². The van der Waals surface area contributed by atoms with E-state index in [2.05, 4.69) is 6.92 Å². The molecule has 0 aliphatic carbocycles. The Morgan fingerprint density at radius 2 is 2.05 bits per heavy atom. The van der Waals surface area contributed by atoms with E-state index in [1.165, 1.54) is 37.3 Å². The van der Waals surface area contributed by atoms with E-state index in [9.17, 15) is 4.79 Å². The molecule has 1 aromatic heterocycles. The zero-order chi connectivity index (χ0) is 14.1. The first-order valence-corrected chi connectivity index (χ1v) is 7.08. The Hall–Kier alpha value is -1.36. The van der Waals surface area contributed by atoms with Crippen molar-refractivity contribution in [3.05, 3.63) is 23.0 Å². The Kier molecular flexibility index (Phi) is 7.18. The smallest absolute Gasteiger partial charge is 0.329 e. The third kappa shape index (κ3) is 6.38. The number of aromatic nitrogens is 1. The molecule has 0 aliphatic rings. The van der Waals surface area contributed by atoms with Gasteiger partial charge in [0, 0.05) is 25.3 Å². The van der Waals surface area contributed by atoms with E-state index in [-0.39, 0.29) is 0 Å². The van der Waals surface area contributed by atoms with Crippen LogP contribution in [0.25, 0.3) is 0 Å². The summed E-state index contributed by atoms with van der Waals surface area (Å²) in [6.07, 6.45) is 7.61. The Bertz CT molecular complexity index is 456. The van der Waals surface area contributed by atoms with Crippen molar-refractivity contribution in [1.29, 1.82) is 0 Å². The van der Waals surface area contributed by atoms with E-state index < -0.39 is 5.97 Å². The van der Waals surface area contributed by atoms with Crippen molar-refractivity contribution >= 4 is 18.2 Å². The normalized spacial score (nSPS) is 10.2. The van der Waals surface area contributed by atoms with E-state index in [0.717, 1.165) is 6.42 Å². The van der Waals surface area contributed by atoms with Gasteiger partial charge in [0.05, 0.1) is 6.61 Å². The van der Waals surface area contributed by atoms with Gasteiger partial charge in [-0.3, -0.25) is 0 Å². The van der Waals surface area contributed by atoms with Crippen LogP contribution in [0.2, 0.25) is 0 Å². The molecule has 0 atom stereocenters. The number of carbonyl (C=O) groups excluding carboxylic acids is 1. The summed E-state index contributed by atoms with van der Waals surface area (Å²) in [4.78, 5) is 15.7. The lowest BCUT2D eigenvalue weighted by atomic mass is 10.2. The lowest BCUT2D eigenvalue weighted by Gasteiger charge is -2.09. The van der Waals surface area contributed by atoms with Gasteiger partial charge < -0.3 is 9.57 Å². The summed E-state index contributed by atoms with van der Waals surface area (Å²) in [6, 6.07) is 3.43. The van der Waals surface area contributed by atoms with Gasteiger partial charge in [-0.1, -0.05) is 44.8 Å². The standard InChI is InChI=1S/C14H21NO3S/c1-3-4-5-6-7-10-17-13-8-9-15(14(19)11-13)18-12(2)16/h8-9,11H,3-7,10H2,1-2H3. The quantitative estimate of drug-likeness (QED) is 0.540. The second-order valence-electron chi connectivity index (χ2n) is 4.37. The Morgan fingerprint density at radius 1 is 1.32 bits per heavy atom. The van der Waals surface area contributed by atoms with Crippen LogP contribution in [-0.4, -0.2) is 17.3 Å². The Balaban J connectivity index is 2.37. The lowest BCUT2D eigenvalue weighted by molar-refractivity contribution is -0.141. The minimum atomic E-state index is -0.402. The molecule has 0 bridgehead atoms. The highest BCUT2D eigenvalue weighted by Gasteiger charge is 2.00. The molecule has 0 saturated heterocycles. The van der Waals surface area contributed by atoms with Crippen LogP contribution in [0.5, 0.6) is 5.75 Å². The molecule has 0 radical (unpaired) electrons. The van der Waals surface area contributed by atoms with Gasteiger partial charge in [-0.2, -0.15) is 4.73 Å². The molecule has 1 aromatic rings. The number of hydrogen-bond acceptors (Lipinski definition) is 4. The fraction of sp³-hybridized carbons (Fsp3) is 0.571. The number of unbranched alkanes of at least 4 members (excludes halogenated alkanes) is 4. The van der Waals surface area contributed by atoms with Gasteiger partial charge in [0.2, 0.25) is 0 Å². The topological polar surface area (TPSA) is 40.5 Å². The highest BCUT2D eigenvalue weighted by atomic mass is 32.1. The van der Waals surface area contributed by atoms with Gasteiger partial charge in [0.25, 0.3) is 0 Å². The van der Waals surface area contributed by atoms with E-state index in [0.29, 0.717) is 17.0 Å². The molecule has 0 spiro atoms.